The van der Waals surface area contributed by atoms with Crippen molar-refractivity contribution in [1.82, 2.24) is 14.7 Å². The molecule has 1 amide bonds. The molecule has 3 aromatic rings. The fourth-order valence-corrected chi connectivity index (χ4v) is 3.03. The van der Waals surface area contributed by atoms with Gasteiger partial charge >= 0.3 is 0 Å². The summed E-state index contributed by atoms with van der Waals surface area (Å²) in [5.41, 5.74) is 1.74. The van der Waals surface area contributed by atoms with Gasteiger partial charge in [0.1, 0.15) is 11.5 Å². The highest BCUT2D eigenvalue weighted by Crippen LogP contribution is 2.18. The van der Waals surface area contributed by atoms with E-state index in [9.17, 15) is 9.18 Å². The molecule has 0 bridgehead atoms. The number of aromatic nitrogens is 2. The third-order valence-electron chi connectivity index (χ3n) is 4.27. The summed E-state index contributed by atoms with van der Waals surface area (Å²) in [6, 6.07) is 11.7. The quantitative estimate of drug-likeness (QED) is 0.802. The number of benzene rings is 1. The number of imidazole rings is 1. The van der Waals surface area contributed by atoms with E-state index in [4.69, 9.17) is 0 Å². The first-order valence-electron chi connectivity index (χ1n) is 7.94. The van der Waals surface area contributed by atoms with E-state index in [0.29, 0.717) is 25.3 Å². The number of carbonyl (C=O) groups excluding carboxylic acids is 1. The molecule has 4 rings (SSSR count). The maximum absolute atomic E-state index is 13.0. The number of piperazine rings is 1. The largest absolute Gasteiger partial charge is 0.305 e. The minimum Gasteiger partial charge on any atom is -0.305 e. The standard InChI is InChI=1S/C18H17FN4O/c19-14-6-4-13(5-7-14)11-15-18(24)23(10-8-20-15)17-12-22-9-2-1-3-16(22)21-17/h1-7,9,12,15,20H,8,10-11H2/t15-/m1/s1. The number of carbonyl (C=O) groups is 1. The second kappa shape index (κ2) is 6.05. The van der Waals surface area contributed by atoms with Crippen molar-refractivity contribution in [2.75, 3.05) is 18.0 Å². The van der Waals surface area contributed by atoms with E-state index in [1.165, 1.54) is 12.1 Å². The molecule has 1 aromatic carbocycles. The van der Waals surface area contributed by atoms with Gasteiger partial charge in [-0.05, 0) is 36.2 Å². The maximum Gasteiger partial charge on any atom is 0.245 e. The summed E-state index contributed by atoms with van der Waals surface area (Å²) in [7, 11) is 0. The monoisotopic (exact) mass is 324 g/mol. The molecule has 2 aromatic heterocycles. The third kappa shape index (κ3) is 2.76. The van der Waals surface area contributed by atoms with Gasteiger partial charge in [-0.25, -0.2) is 9.37 Å². The summed E-state index contributed by atoms with van der Waals surface area (Å²) in [6.07, 6.45) is 4.31. The number of anilines is 1. The predicted octanol–water partition coefficient (Wildman–Crippen LogP) is 2.02. The number of nitrogens with zero attached hydrogens (tertiary/aromatic N) is 3. The molecule has 0 spiro atoms. The van der Waals surface area contributed by atoms with Gasteiger partial charge in [-0.3, -0.25) is 9.69 Å². The lowest BCUT2D eigenvalue weighted by molar-refractivity contribution is -0.121. The molecule has 1 fully saturated rings. The molecule has 1 aliphatic heterocycles. The fraction of sp³-hybridized carbons (Fsp3) is 0.222. The summed E-state index contributed by atoms with van der Waals surface area (Å²) in [5, 5.41) is 3.25. The van der Waals surface area contributed by atoms with E-state index in [1.807, 2.05) is 35.0 Å². The zero-order valence-corrected chi connectivity index (χ0v) is 13.0. The van der Waals surface area contributed by atoms with Gasteiger partial charge in [0, 0.05) is 19.3 Å². The molecule has 6 heteroatoms. The highest BCUT2D eigenvalue weighted by Gasteiger charge is 2.30. The number of amides is 1. The normalized spacial score (nSPS) is 18.3. The molecule has 1 atom stereocenters. The number of rotatable bonds is 3. The van der Waals surface area contributed by atoms with Crippen molar-refractivity contribution >= 4 is 17.4 Å². The molecule has 1 aliphatic rings. The molecule has 3 heterocycles. The first-order valence-corrected chi connectivity index (χ1v) is 7.94. The first-order chi connectivity index (χ1) is 11.7. The Kier molecular flexibility index (Phi) is 3.74. The molecule has 0 aliphatic carbocycles. The Morgan fingerprint density at radius 2 is 2.04 bits per heavy atom. The molecule has 1 saturated heterocycles. The molecule has 0 unspecified atom stereocenters. The average molecular weight is 324 g/mol. The van der Waals surface area contributed by atoms with Gasteiger partial charge in [0.2, 0.25) is 5.91 Å². The highest BCUT2D eigenvalue weighted by molar-refractivity contribution is 5.97. The van der Waals surface area contributed by atoms with Crippen LogP contribution in [0.25, 0.3) is 5.65 Å². The van der Waals surface area contributed by atoms with E-state index in [0.717, 1.165) is 11.2 Å². The zero-order valence-electron chi connectivity index (χ0n) is 13.0. The molecule has 5 nitrogen and oxygen atoms in total. The Balaban J connectivity index is 1.56. The van der Waals surface area contributed by atoms with E-state index >= 15 is 0 Å². The van der Waals surface area contributed by atoms with E-state index in [1.54, 1.807) is 17.0 Å². The number of nitrogens with one attached hydrogen (secondary N) is 1. The molecule has 24 heavy (non-hydrogen) atoms. The second-order valence-electron chi connectivity index (χ2n) is 5.89. The number of halogens is 1. The number of hydrogen-bond donors (Lipinski definition) is 1. The van der Waals surface area contributed by atoms with Crippen LogP contribution in [0.2, 0.25) is 0 Å². The van der Waals surface area contributed by atoms with Crippen LogP contribution in [0, 0.1) is 5.82 Å². The SMILES string of the molecule is O=C1[C@@H](Cc2ccc(F)cc2)NCCN1c1cn2ccccc2n1. The molecule has 0 radical (unpaired) electrons. The van der Waals surface area contributed by atoms with Crippen molar-refractivity contribution in [3.8, 4) is 0 Å². The summed E-state index contributed by atoms with van der Waals surface area (Å²) in [5.74, 6) is 0.388. The molecule has 1 N–H and O–H groups in total. The van der Waals surface area contributed by atoms with Crippen molar-refractivity contribution in [3.05, 3.63) is 66.2 Å². The van der Waals surface area contributed by atoms with Crippen LogP contribution in [0.1, 0.15) is 5.56 Å². The lowest BCUT2D eigenvalue weighted by atomic mass is 10.0. The Bertz CT molecular complexity index is 841. The lowest BCUT2D eigenvalue weighted by Gasteiger charge is -2.31. The van der Waals surface area contributed by atoms with Gasteiger partial charge in [-0.1, -0.05) is 18.2 Å². The van der Waals surface area contributed by atoms with Gasteiger partial charge in [0.25, 0.3) is 0 Å². The van der Waals surface area contributed by atoms with Crippen molar-refractivity contribution in [2.45, 2.75) is 12.5 Å². The summed E-state index contributed by atoms with van der Waals surface area (Å²) in [6.45, 7) is 1.29. The topological polar surface area (TPSA) is 49.6 Å². The Hall–Kier alpha value is -2.73. The van der Waals surface area contributed by atoms with Gasteiger partial charge in [-0.15, -0.1) is 0 Å². The smallest absolute Gasteiger partial charge is 0.245 e. The van der Waals surface area contributed by atoms with Crippen molar-refractivity contribution in [3.63, 3.8) is 0 Å². The molecule has 0 saturated carbocycles. The maximum atomic E-state index is 13.0. The Morgan fingerprint density at radius 3 is 2.83 bits per heavy atom. The van der Waals surface area contributed by atoms with Gasteiger partial charge < -0.3 is 9.72 Å². The lowest BCUT2D eigenvalue weighted by Crippen LogP contribution is -2.56. The second-order valence-corrected chi connectivity index (χ2v) is 5.89. The molecular weight excluding hydrogens is 307 g/mol. The molecular formula is C18H17FN4O. The predicted molar refractivity (Wildman–Crippen MR) is 89.4 cm³/mol. The van der Waals surface area contributed by atoms with Crippen molar-refractivity contribution in [2.24, 2.45) is 0 Å². The van der Waals surface area contributed by atoms with Gasteiger partial charge in [0.05, 0.1) is 12.2 Å². The van der Waals surface area contributed by atoms with Crippen molar-refractivity contribution < 1.29 is 9.18 Å². The van der Waals surface area contributed by atoms with Crippen LogP contribution < -0.4 is 10.2 Å². The minimum absolute atomic E-state index is 0.00557. The summed E-state index contributed by atoms with van der Waals surface area (Å²) >= 11 is 0. The van der Waals surface area contributed by atoms with E-state index in [2.05, 4.69) is 10.3 Å². The first kappa shape index (κ1) is 14.8. The van der Waals surface area contributed by atoms with E-state index in [-0.39, 0.29) is 17.8 Å². The Morgan fingerprint density at radius 1 is 1.21 bits per heavy atom. The van der Waals surface area contributed by atoms with Gasteiger partial charge in [-0.2, -0.15) is 0 Å². The van der Waals surface area contributed by atoms with Crippen LogP contribution in [0.3, 0.4) is 0 Å². The highest BCUT2D eigenvalue weighted by atomic mass is 19.1. The van der Waals surface area contributed by atoms with Crippen LogP contribution >= 0.6 is 0 Å². The number of fused-ring (bicyclic) bond motifs is 1. The number of hydrogen-bond acceptors (Lipinski definition) is 3. The third-order valence-corrected chi connectivity index (χ3v) is 4.27. The van der Waals surface area contributed by atoms with Crippen LogP contribution in [-0.2, 0) is 11.2 Å². The van der Waals surface area contributed by atoms with E-state index < -0.39 is 0 Å². The molecule has 122 valence electrons. The summed E-state index contributed by atoms with van der Waals surface area (Å²) < 4.78 is 14.9. The summed E-state index contributed by atoms with van der Waals surface area (Å²) in [4.78, 5) is 19.1. The van der Waals surface area contributed by atoms with Crippen LogP contribution in [0.15, 0.2) is 54.9 Å². The van der Waals surface area contributed by atoms with Crippen LogP contribution in [0.5, 0.6) is 0 Å². The van der Waals surface area contributed by atoms with Crippen LogP contribution in [-0.4, -0.2) is 34.4 Å². The van der Waals surface area contributed by atoms with Crippen molar-refractivity contribution in [1.29, 1.82) is 0 Å². The van der Waals surface area contributed by atoms with Crippen LogP contribution in [0.4, 0.5) is 10.2 Å². The fourth-order valence-electron chi connectivity index (χ4n) is 3.03. The van der Waals surface area contributed by atoms with Gasteiger partial charge in [0.15, 0.2) is 5.82 Å². The Labute approximate surface area is 138 Å². The zero-order chi connectivity index (χ0) is 16.5. The average Bonchev–Trinajstić information content (AvgIpc) is 3.02. The minimum atomic E-state index is -0.325. The number of pyridine rings is 1.